The van der Waals surface area contributed by atoms with Gasteiger partial charge in [-0.25, -0.2) is 4.39 Å². The molecule has 4 N–H and O–H groups in total. The molecule has 6 nitrogen and oxygen atoms in total. The molecule has 0 aliphatic rings. The van der Waals surface area contributed by atoms with Crippen LogP contribution in [0.25, 0.3) is 0 Å². The number of nitrogens with two attached hydrogens (primary N) is 1. The summed E-state index contributed by atoms with van der Waals surface area (Å²) in [6.07, 6.45) is 0.164. The zero-order valence-electron chi connectivity index (χ0n) is 15.2. The Morgan fingerprint density at radius 1 is 1.00 bits per heavy atom. The predicted molar refractivity (Wildman–Crippen MR) is 112 cm³/mol. The predicted octanol–water partition coefficient (Wildman–Crippen LogP) is 1.69. The van der Waals surface area contributed by atoms with E-state index in [9.17, 15) is 18.8 Å². The van der Waals surface area contributed by atoms with E-state index in [0.717, 1.165) is 9.13 Å². The quantitative estimate of drug-likeness (QED) is 0.484. The van der Waals surface area contributed by atoms with Gasteiger partial charge in [0.05, 0.1) is 0 Å². The van der Waals surface area contributed by atoms with Crippen LogP contribution in [0, 0.1) is 9.39 Å². The standard InChI is InChI=1S/C20H21FIN3O3/c1-12(26)24-18(11-14-4-2-3-5-16(14)21)20(28)25-17(19(23)27)10-13-6-8-15(22)9-7-13/h2-9,17-18H,10-11H2,1H3,(H2,23,27)(H,24,26)(H,25,28)/t17-,18-/m0/s1. The van der Waals surface area contributed by atoms with E-state index < -0.39 is 35.6 Å². The average Bonchev–Trinajstić information content (AvgIpc) is 2.63. The molecule has 0 fully saturated rings. The van der Waals surface area contributed by atoms with Gasteiger partial charge in [-0.2, -0.15) is 0 Å². The summed E-state index contributed by atoms with van der Waals surface area (Å²) in [4.78, 5) is 36.0. The second-order valence-corrected chi connectivity index (χ2v) is 7.59. The highest BCUT2D eigenvalue weighted by atomic mass is 127. The summed E-state index contributed by atoms with van der Waals surface area (Å²) in [6, 6.07) is 11.5. The van der Waals surface area contributed by atoms with Crippen LogP contribution in [0.4, 0.5) is 4.39 Å². The van der Waals surface area contributed by atoms with Crippen molar-refractivity contribution in [3.63, 3.8) is 0 Å². The lowest BCUT2D eigenvalue weighted by molar-refractivity contribution is -0.130. The van der Waals surface area contributed by atoms with Gasteiger partial charge in [0, 0.05) is 23.3 Å². The molecule has 2 rings (SSSR count). The van der Waals surface area contributed by atoms with Gasteiger partial charge in [0.15, 0.2) is 0 Å². The van der Waals surface area contributed by atoms with Crippen LogP contribution in [0.3, 0.4) is 0 Å². The Kier molecular flexibility index (Phi) is 7.91. The van der Waals surface area contributed by atoms with Crippen LogP contribution in [0.1, 0.15) is 18.1 Å². The molecule has 2 aromatic rings. The van der Waals surface area contributed by atoms with Gasteiger partial charge in [0.25, 0.3) is 0 Å². The molecule has 0 aromatic heterocycles. The lowest BCUT2D eigenvalue weighted by Gasteiger charge is -2.22. The summed E-state index contributed by atoms with van der Waals surface area (Å²) in [7, 11) is 0. The maximum Gasteiger partial charge on any atom is 0.243 e. The zero-order valence-corrected chi connectivity index (χ0v) is 17.4. The smallest absolute Gasteiger partial charge is 0.243 e. The van der Waals surface area contributed by atoms with Crippen molar-refractivity contribution >= 4 is 40.3 Å². The molecule has 0 unspecified atom stereocenters. The van der Waals surface area contributed by atoms with Crippen molar-refractivity contribution in [2.45, 2.75) is 31.8 Å². The highest BCUT2D eigenvalue weighted by Gasteiger charge is 2.26. The summed E-state index contributed by atoms with van der Waals surface area (Å²) in [5.41, 5.74) is 6.55. The van der Waals surface area contributed by atoms with Crippen LogP contribution in [0.2, 0.25) is 0 Å². The molecule has 0 bridgehead atoms. The van der Waals surface area contributed by atoms with E-state index in [0.29, 0.717) is 0 Å². The number of halogens is 2. The van der Waals surface area contributed by atoms with Crippen LogP contribution in [0.5, 0.6) is 0 Å². The van der Waals surface area contributed by atoms with Crippen LogP contribution in [0.15, 0.2) is 48.5 Å². The molecule has 0 saturated heterocycles. The third-order valence-corrected chi connectivity index (χ3v) is 4.81. The third-order valence-electron chi connectivity index (χ3n) is 4.09. The van der Waals surface area contributed by atoms with Crippen molar-refractivity contribution in [1.82, 2.24) is 10.6 Å². The monoisotopic (exact) mass is 497 g/mol. The lowest BCUT2D eigenvalue weighted by Crippen LogP contribution is -2.54. The number of benzene rings is 2. The molecule has 0 saturated carbocycles. The van der Waals surface area contributed by atoms with Crippen LogP contribution < -0.4 is 16.4 Å². The molecule has 148 valence electrons. The van der Waals surface area contributed by atoms with Crippen LogP contribution in [-0.4, -0.2) is 29.8 Å². The van der Waals surface area contributed by atoms with Crippen LogP contribution in [-0.2, 0) is 27.2 Å². The Labute approximate surface area is 176 Å². The van der Waals surface area contributed by atoms with E-state index in [-0.39, 0.29) is 18.4 Å². The lowest BCUT2D eigenvalue weighted by atomic mass is 10.0. The first kappa shape index (κ1) is 21.8. The maximum atomic E-state index is 13.9. The molecule has 8 heteroatoms. The van der Waals surface area contributed by atoms with Gasteiger partial charge < -0.3 is 16.4 Å². The first-order valence-corrected chi connectivity index (χ1v) is 9.68. The summed E-state index contributed by atoms with van der Waals surface area (Å²) < 4.78 is 15.0. The van der Waals surface area contributed by atoms with E-state index in [1.54, 1.807) is 6.07 Å². The van der Waals surface area contributed by atoms with Gasteiger partial charge in [-0.3, -0.25) is 14.4 Å². The van der Waals surface area contributed by atoms with Gasteiger partial charge in [-0.1, -0.05) is 30.3 Å². The topological polar surface area (TPSA) is 101 Å². The minimum Gasteiger partial charge on any atom is -0.368 e. The van der Waals surface area contributed by atoms with Crippen molar-refractivity contribution in [3.05, 3.63) is 69.0 Å². The third kappa shape index (κ3) is 6.59. The molecule has 0 spiro atoms. The fourth-order valence-corrected chi connectivity index (χ4v) is 3.05. The number of carbonyl (C=O) groups is 3. The van der Waals surface area contributed by atoms with Gasteiger partial charge in [0.1, 0.15) is 17.9 Å². The van der Waals surface area contributed by atoms with E-state index in [1.807, 2.05) is 24.3 Å². The van der Waals surface area contributed by atoms with E-state index in [1.165, 1.54) is 25.1 Å². The van der Waals surface area contributed by atoms with Crippen molar-refractivity contribution in [1.29, 1.82) is 0 Å². The Morgan fingerprint density at radius 2 is 1.64 bits per heavy atom. The molecule has 0 aliphatic carbocycles. The number of amides is 3. The fraction of sp³-hybridized carbons (Fsp3) is 0.250. The van der Waals surface area contributed by atoms with Gasteiger partial charge in [0.2, 0.25) is 17.7 Å². The summed E-state index contributed by atoms with van der Waals surface area (Å²) in [6.45, 7) is 1.26. The van der Waals surface area contributed by atoms with E-state index in [4.69, 9.17) is 5.73 Å². The van der Waals surface area contributed by atoms with Gasteiger partial charge in [-0.05, 0) is 51.9 Å². The average molecular weight is 497 g/mol. The molecule has 2 atom stereocenters. The minimum atomic E-state index is -1.03. The Hall–Kier alpha value is -2.49. The summed E-state index contributed by atoms with van der Waals surface area (Å²) in [5, 5.41) is 5.07. The van der Waals surface area contributed by atoms with E-state index >= 15 is 0 Å². The van der Waals surface area contributed by atoms with E-state index in [2.05, 4.69) is 33.2 Å². The van der Waals surface area contributed by atoms with Crippen LogP contribution >= 0.6 is 22.6 Å². The SMILES string of the molecule is CC(=O)N[C@@H](Cc1ccccc1F)C(=O)N[C@@H](Cc1ccc(I)cc1)C(N)=O. The zero-order chi connectivity index (χ0) is 20.7. The number of hydrogen-bond donors (Lipinski definition) is 3. The number of primary amides is 1. The Morgan fingerprint density at radius 3 is 2.21 bits per heavy atom. The summed E-state index contributed by atoms with van der Waals surface area (Å²) >= 11 is 2.16. The van der Waals surface area contributed by atoms with Gasteiger partial charge >= 0.3 is 0 Å². The minimum absolute atomic E-state index is 0.0485. The van der Waals surface area contributed by atoms with Crippen molar-refractivity contribution < 1.29 is 18.8 Å². The highest BCUT2D eigenvalue weighted by Crippen LogP contribution is 2.11. The molecule has 3 amide bonds. The number of nitrogens with one attached hydrogen (secondary N) is 2. The molecule has 2 aromatic carbocycles. The number of hydrogen-bond acceptors (Lipinski definition) is 3. The Balaban J connectivity index is 2.14. The summed E-state index contributed by atoms with van der Waals surface area (Å²) in [5.74, 6) is -2.21. The van der Waals surface area contributed by atoms with Crippen molar-refractivity contribution in [2.24, 2.45) is 5.73 Å². The fourth-order valence-electron chi connectivity index (χ4n) is 2.69. The maximum absolute atomic E-state index is 13.9. The molecular formula is C20H21FIN3O3. The number of carbonyl (C=O) groups excluding carboxylic acids is 3. The second-order valence-electron chi connectivity index (χ2n) is 6.34. The Bertz CT molecular complexity index is 858. The molecule has 0 aliphatic heterocycles. The van der Waals surface area contributed by atoms with Crippen molar-refractivity contribution in [2.75, 3.05) is 0 Å². The second kappa shape index (κ2) is 10.2. The molecular weight excluding hydrogens is 476 g/mol. The molecule has 28 heavy (non-hydrogen) atoms. The van der Waals surface area contributed by atoms with Gasteiger partial charge in [-0.15, -0.1) is 0 Å². The van der Waals surface area contributed by atoms with Crippen molar-refractivity contribution in [3.8, 4) is 0 Å². The highest BCUT2D eigenvalue weighted by molar-refractivity contribution is 14.1. The molecule has 0 heterocycles. The number of rotatable bonds is 8. The molecule has 0 radical (unpaired) electrons. The first-order valence-electron chi connectivity index (χ1n) is 8.61. The normalized spacial score (nSPS) is 12.7. The first-order chi connectivity index (χ1) is 13.3. The largest absolute Gasteiger partial charge is 0.368 e.